The number of aliphatic hydroxyl groups excluding tert-OH is 2. The Morgan fingerprint density at radius 1 is 1.08 bits per heavy atom. The van der Waals surface area contributed by atoms with Crippen molar-refractivity contribution in [1.29, 1.82) is 0 Å². The van der Waals surface area contributed by atoms with E-state index < -0.39 is 0 Å². The maximum Gasteiger partial charge on any atom is 0.0639 e. The first kappa shape index (κ1) is 12.9. The Kier molecular flexibility index (Phi) is 6.29. The van der Waals surface area contributed by atoms with E-state index >= 15 is 0 Å². The Hall–Kier alpha value is -0.120. The molecule has 2 N–H and O–H groups in total. The molecule has 1 radical (unpaired) electrons. The standard InChI is InChI=1S/C10H22NO2/c1-8(2)5-11(6-9(3)12)7-10(4)13/h9-10,12-13H,5-7H2,1-4H3. The van der Waals surface area contributed by atoms with Crippen LogP contribution in [0.1, 0.15) is 27.7 Å². The zero-order valence-corrected chi connectivity index (χ0v) is 9.12. The molecule has 0 spiro atoms. The van der Waals surface area contributed by atoms with Crippen molar-refractivity contribution < 1.29 is 10.2 Å². The van der Waals surface area contributed by atoms with Crippen LogP contribution in [0.5, 0.6) is 0 Å². The predicted octanol–water partition coefficient (Wildman–Crippen LogP) is 0.664. The number of nitrogens with zero attached hydrogens (tertiary/aromatic N) is 1. The largest absolute Gasteiger partial charge is 0.392 e. The monoisotopic (exact) mass is 188 g/mol. The fourth-order valence-corrected chi connectivity index (χ4v) is 1.40. The molecule has 0 aromatic carbocycles. The Morgan fingerprint density at radius 3 is 1.69 bits per heavy atom. The van der Waals surface area contributed by atoms with Crippen LogP contribution >= 0.6 is 0 Å². The minimum Gasteiger partial charge on any atom is -0.392 e. The van der Waals surface area contributed by atoms with Crippen LogP contribution in [0.3, 0.4) is 0 Å². The highest BCUT2D eigenvalue weighted by Gasteiger charge is 2.12. The number of aliphatic hydroxyl groups is 2. The Labute approximate surface area is 81.4 Å². The van der Waals surface area contributed by atoms with E-state index in [1.165, 1.54) is 5.92 Å². The molecule has 0 bridgehead atoms. The molecule has 0 aliphatic carbocycles. The number of hydrogen-bond donors (Lipinski definition) is 2. The molecule has 13 heavy (non-hydrogen) atoms. The second kappa shape index (κ2) is 6.35. The van der Waals surface area contributed by atoms with Crippen molar-refractivity contribution in [3.8, 4) is 0 Å². The summed E-state index contributed by atoms with van der Waals surface area (Å²) in [5, 5.41) is 18.4. The van der Waals surface area contributed by atoms with Crippen molar-refractivity contribution in [2.75, 3.05) is 19.6 Å². The molecule has 0 heterocycles. The molecule has 3 nitrogen and oxygen atoms in total. The molecule has 0 saturated carbocycles. The Bertz CT molecular complexity index is 100. The lowest BCUT2D eigenvalue weighted by atomic mass is 10.2. The summed E-state index contributed by atoms with van der Waals surface area (Å²) in [6.45, 7) is 9.72. The minimum absolute atomic E-state index is 0.335. The van der Waals surface area contributed by atoms with Crippen LogP contribution < -0.4 is 0 Å². The van der Waals surface area contributed by atoms with Gasteiger partial charge in [-0.05, 0) is 19.8 Å². The van der Waals surface area contributed by atoms with Gasteiger partial charge in [0.15, 0.2) is 0 Å². The first-order valence-electron chi connectivity index (χ1n) is 4.79. The highest BCUT2D eigenvalue weighted by atomic mass is 16.3. The first-order chi connectivity index (χ1) is 5.91. The van der Waals surface area contributed by atoms with Gasteiger partial charge in [-0.1, -0.05) is 13.8 Å². The van der Waals surface area contributed by atoms with Gasteiger partial charge in [0.05, 0.1) is 12.2 Å². The lowest BCUT2D eigenvalue weighted by molar-refractivity contribution is 0.0865. The van der Waals surface area contributed by atoms with Gasteiger partial charge in [0.2, 0.25) is 0 Å². The third-order valence-corrected chi connectivity index (χ3v) is 1.58. The summed E-state index contributed by atoms with van der Waals surface area (Å²) >= 11 is 0. The van der Waals surface area contributed by atoms with Crippen molar-refractivity contribution in [2.24, 2.45) is 0 Å². The maximum atomic E-state index is 9.22. The van der Waals surface area contributed by atoms with E-state index in [4.69, 9.17) is 0 Å². The summed E-state index contributed by atoms with van der Waals surface area (Å²) in [5.74, 6) is 1.29. The van der Waals surface area contributed by atoms with E-state index in [-0.39, 0.29) is 12.2 Å². The van der Waals surface area contributed by atoms with Gasteiger partial charge in [0, 0.05) is 19.6 Å². The van der Waals surface area contributed by atoms with E-state index in [2.05, 4.69) is 18.7 Å². The molecule has 0 aliphatic rings. The third-order valence-electron chi connectivity index (χ3n) is 1.58. The topological polar surface area (TPSA) is 43.7 Å². The predicted molar refractivity (Wildman–Crippen MR) is 54.4 cm³/mol. The molecule has 0 saturated heterocycles. The van der Waals surface area contributed by atoms with Gasteiger partial charge in [-0.2, -0.15) is 0 Å². The molecule has 0 rings (SSSR count). The third kappa shape index (κ3) is 8.22. The Balaban J connectivity index is 3.87. The van der Waals surface area contributed by atoms with Crippen molar-refractivity contribution >= 4 is 0 Å². The molecule has 0 amide bonds. The lowest BCUT2D eigenvalue weighted by Crippen LogP contribution is -2.38. The minimum atomic E-state index is -0.335. The quantitative estimate of drug-likeness (QED) is 0.643. The summed E-state index contributed by atoms with van der Waals surface area (Å²) in [6, 6.07) is 0. The summed E-state index contributed by atoms with van der Waals surface area (Å²) in [4.78, 5) is 2.06. The van der Waals surface area contributed by atoms with E-state index in [1.54, 1.807) is 13.8 Å². The van der Waals surface area contributed by atoms with Gasteiger partial charge in [-0.15, -0.1) is 0 Å². The van der Waals surface area contributed by atoms with Crippen molar-refractivity contribution in [2.45, 2.75) is 39.9 Å². The average Bonchev–Trinajstić information content (AvgIpc) is 1.80. The Morgan fingerprint density at radius 2 is 1.46 bits per heavy atom. The summed E-state index contributed by atoms with van der Waals surface area (Å²) in [5.41, 5.74) is 0. The van der Waals surface area contributed by atoms with Gasteiger partial charge < -0.3 is 10.2 Å². The molecule has 3 heteroatoms. The van der Waals surface area contributed by atoms with Crippen LogP contribution in [-0.2, 0) is 0 Å². The summed E-state index contributed by atoms with van der Waals surface area (Å²) in [6.07, 6.45) is -0.670. The van der Waals surface area contributed by atoms with E-state index in [9.17, 15) is 10.2 Å². The molecule has 2 unspecified atom stereocenters. The molecule has 2 atom stereocenters. The van der Waals surface area contributed by atoms with Gasteiger partial charge in [0.25, 0.3) is 0 Å². The van der Waals surface area contributed by atoms with Crippen LogP contribution in [0.4, 0.5) is 0 Å². The van der Waals surface area contributed by atoms with Crippen molar-refractivity contribution in [3.05, 3.63) is 5.92 Å². The van der Waals surface area contributed by atoms with Crippen molar-refractivity contribution in [1.82, 2.24) is 4.90 Å². The van der Waals surface area contributed by atoms with Crippen LogP contribution in [0.15, 0.2) is 0 Å². The molecular weight excluding hydrogens is 166 g/mol. The molecule has 0 aromatic rings. The van der Waals surface area contributed by atoms with E-state index in [0.717, 1.165) is 6.54 Å². The van der Waals surface area contributed by atoms with E-state index in [1.807, 2.05) is 0 Å². The molecule has 79 valence electrons. The summed E-state index contributed by atoms with van der Waals surface area (Å²) in [7, 11) is 0. The number of rotatable bonds is 6. The van der Waals surface area contributed by atoms with Gasteiger partial charge in [-0.25, -0.2) is 0 Å². The molecule has 0 fully saturated rings. The first-order valence-corrected chi connectivity index (χ1v) is 4.79. The van der Waals surface area contributed by atoms with Gasteiger partial charge in [0.1, 0.15) is 0 Å². The van der Waals surface area contributed by atoms with Gasteiger partial charge in [-0.3, -0.25) is 4.90 Å². The summed E-state index contributed by atoms with van der Waals surface area (Å²) < 4.78 is 0. The number of hydrogen-bond acceptors (Lipinski definition) is 3. The maximum absolute atomic E-state index is 9.22. The average molecular weight is 188 g/mol. The zero-order chi connectivity index (χ0) is 10.4. The zero-order valence-electron chi connectivity index (χ0n) is 9.12. The highest BCUT2D eigenvalue weighted by Crippen LogP contribution is 2.03. The van der Waals surface area contributed by atoms with Crippen LogP contribution in [0.2, 0.25) is 0 Å². The fraction of sp³-hybridized carbons (Fsp3) is 0.900. The van der Waals surface area contributed by atoms with Gasteiger partial charge >= 0.3 is 0 Å². The lowest BCUT2D eigenvalue weighted by Gasteiger charge is -2.26. The second-order valence-electron chi connectivity index (χ2n) is 4.10. The normalized spacial score (nSPS) is 16.6. The van der Waals surface area contributed by atoms with Crippen molar-refractivity contribution in [3.63, 3.8) is 0 Å². The molecular formula is C10H22NO2. The molecule has 0 aliphatic heterocycles. The highest BCUT2D eigenvalue weighted by molar-refractivity contribution is 4.82. The fourth-order valence-electron chi connectivity index (χ4n) is 1.40. The SMILES string of the molecule is C[C](C)CN(CC(C)O)CC(C)O. The smallest absolute Gasteiger partial charge is 0.0639 e. The van der Waals surface area contributed by atoms with Crippen LogP contribution in [0, 0.1) is 5.92 Å². The molecule has 0 aromatic heterocycles. The second-order valence-corrected chi connectivity index (χ2v) is 4.10. The van der Waals surface area contributed by atoms with Crippen LogP contribution in [-0.4, -0.2) is 47.0 Å². The van der Waals surface area contributed by atoms with E-state index in [0.29, 0.717) is 13.1 Å². The van der Waals surface area contributed by atoms with Crippen LogP contribution in [0.25, 0.3) is 0 Å².